The van der Waals surface area contributed by atoms with Crippen LogP contribution in [0.3, 0.4) is 0 Å². The van der Waals surface area contributed by atoms with Gasteiger partial charge in [-0.05, 0) is 17.4 Å². The minimum absolute atomic E-state index is 0.0242. The van der Waals surface area contributed by atoms with Crippen molar-refractivity contribution in [3.8, 4) is 0 Å². The summed E-state index contributed by atoms with van der Waals surface area (Å²) in [5, 5.41) is 24.8. The molecule has 0 spiro atoms. The number of amides is 1. The van der Waals surface area contributed by atoms with Crippen LogP contribution >= 0.6 is 11.3 Å². The van der Waals surface area contributed by atoms with Gasteiger partial charge in [0, 0.05) is 29.8 Å². The van der Waals surface area contributed by atoms with E-state index in [-0.39, 0.29) is 35.9 Å². The van der Waals surface area contributed by atoms with Crippen LogP contribution in [0.4, 0.5) is 0 Å². The van der Waals surface area contributed by atoms with Crippen LogP contribution in [0.25, 0.3) is 10.4 Å². The number of aliphatic hydroxyl groups is 1. The molecule has 1 aromatic heterocycles. The SMILES string of the molecule is CCC(C)[C@H](N=[N+]=[N-])C(=O)N(C)[C@H](C[C@@H](O)c1nc(C(=O)O)cs1)C(C)C. The molecular formula is C17H27N5O4S. The Hall–Kier alpha value is -2.16. The lowest BCUT2D eigenvalue weighted by Crippen LogP contribution is -2.47. The molecule has 1 heterocycles. The number of hydrogen-bond donors (Lipinski definition) is 2. The minimum Gasteiger partial charge on any atom is -0.476 e. The number of thiazole rings is 1. The zero-order chi connectivity index (χ0) is 20.7. The van der Waals surface area contributed by atoms with Gasteiger partial charge < -0.3 is 15.1 Å². The van der Waals surface area contributed by atoms with Crippen molar-refractivity contribution < 1.29 is 19.8 Å². The predicted octanol–water partition coefficient (Wildman–Crippen LogP) is 3.47. The van der Waals surface area contributed by atoms with Gasteiger partial charge in [0.15, 0.2) is 5.69 Å². The zero-order valence-electron chi connectivity index (χ0n) is 16.2. The molecule has 4 atom stereocenters. The summed E-state index contributed by atoms with van der Waals surface area (Å²) in [6.07, 6.45) is -0.0991. The van der Waals surface area contributed by atoms with Gasteiger partial charge in [0.1, 0.15) is 17.2 Å². The quantitative estimate of drug-likeness (QED) is 0.353. The van der Waals surface area contributed by atoms with E-state index in [9.17, 15) is 14.7 Å². The van der Waals surface area contributed by atoms with E-state index in [1.807, 2.05) is 27.7 Å². The third-order valence-electron chi connectivity index (χ3n) is 4.72. The molecule has 0 saturated heterocycles. The highest BCUT2D eigenvalue weighted by molar-refractivity contribution is 7.09. The van der Waals surface area contributed by atoms with Gasteiger partial charge in [-0.1, -0.05) is 39.2 Å². The van der Waals surface area contributed by atoms with E-state index in [0.717, 1.165) is 11.3 Å². The molecule has 0 saturated carbocycles. The first-order valence-electron chi connectivity index (χ1n) is 8.81. The van der Waals surface area contributed by atoms with Gasteiger partial charge in [-0.15, -0.1) is 11.3 Å². The summed E-state index contributed by atoms with van der Waals surface area (Å²) in [5.41, 5.74) is 8.68. The molecule has 0 aromatic carbocycles. The molecule has 150 valence electrons. The maximum atomic E-state index is 12.9. The molecule has 0 radical (unpaired) electrons. The highest BCUT2D eigenvalue weighted by Gasteiger charge is 2.32. The lowest BCUT2D eigenvalue weighted by Gasteiger charge is -2.35. The molecule has 0 aliphatic rings. The van der Waals surface area contributed by atoms with Gasteiger partial charge in [0.25, 0.3) is 0 Å². The van der Waals surface area contributed by atoms with E-state index in [1.54, 1.807) is 7.05 Å². The molecule has 1 rings (SSSR count). The summed E-state index contributed by atoms with van der Waals surface area (Å²) in [6.45, 7) is 7.63. The predicted molar refractivity (Wildman–Crippen MR) is 102 cm³/mol. The number of aromatic nitrogens is 1. The second kappa shape index (κ2) is 10.2. The summed E-state index contributed by atoms with van der Waals surface area (Å²) in [7, 11) is 1.63. The zero-order valence-corrected chi connectivity index (χ0v) is 17.1. The van der Waals surface area contributed by atoms with Crippen LogP contribution in [0, 0.1) is 11.8 Å². The molecule has 1 aromatic rings. The molecule has 0 fully saturated rings. The van der Waals surface area contributed by atoms with Crippen molar-refractivity contribution in [3.63, 3.8) is 0 Å². The molecule has 2 N–H and O–H groups in total. The van der Waals surface area contributed by atoms with Crippen molar-refractivity contribution in [2.24, 2.45) is 17.0 Å². The van der Waals surface area contributed by atoms with Crippen LogP contribution in [0.1, 0.15) is 62.1 Å². The maximum absolute atomic E-state index is 12.9. The first-order valence-corrected chi connectivity index (χ1v) is 9.69. The summed E-state index contributed by atoms with van der Waals surface area (Å²) in [5.74, 6) is -1.52. The summed E-state index contributed by atoms with van der Waals surface area (Å²) in [4.78, 5) is 32.1. The number of aromatic carboxylic acids is 1. The van der Waals surface area contributed by atoms with Crippen molar-refractivity contribution in [1.82, 2.24) is 9.88 Å². The first kappa shape index (κ1) is 22.9. The van der Waals surface area contributed by atoms with E-state index < -0.39 is 18.1 Å². The molecule has 0 aliphatic heterocycles. The van der Waals surface area contributed by atoms with E-state index in [4.69, 9.17) is 10.6 Å². The van der Waals surface area contributed by atoms with Gasteiger partial charge in [0.05, 0.1) is 0 Å². The number of nitrogens with zero attached hydrogens (tertiary/aromatic N) is 5. The molecule has 1 amide bonds. The minimum atomic E-state index is -1.15. The Morgan fingerprint density at radius 3 is 2.48 bits per heavy atom. The van der Waals surface area contributed by atoms with Crippen molar-refractivity contribution in [1.29, 1.82) is 0 Å². The largest absolute Gasteiger partial charge is 0.476 e. The number of carboxylic acid groups (broad SMARTS) is 1. The molecule has 27 heavy (non-hydrogen) atoms. The van der Waals surface area contributed by atoms with E-state index in [2.05, 4.69) is 15.0 Å². The monoisotopic (exact) mass is 397 g/mol. The third-order valence-corrected chi connectivity index (χ3v) is 5.66. The number of aliphatic hydroxyl groups excluding tert-OH is 1. The van der Waals surface area contributed by atoms with Crippen LogP contribution < -0.4 is 0 Å². The Labute approximate surface area is 162 Å². The van der Waals surface area contributed by atoms with Crippen LogP contribution in [-0.2, 0) is 4.79 Å². The van der Waals surface area contributed by atoms with Crippen LogP contribution in [-0.4, -0.2) is 51.1 Å². The lowest BCUT2D eigenvalue weighted by atomic mass is 9.93. The topological polar surface area (TPSA) is 139 Å². The molecule has 0 aliphatic carbocycles. The fourth-order valence-electron chi connectivity index (χ4n) is 2.80. The number of hydrogen-bond acceptors (Lipinski definition) is 6. The second-order valence-corrected chi connectivity index (χ2v) is 7.81. The normalized spacial score (nSPS) is 15.5. The fourth-order valence-corrected chi connectivity index (χ4v) is 3.59. The highest BCUT2D eigenvalue weighted by Crippen LogP contribution is 2.28. The first-order chi connectivity index (χ1) is 12.6. The average molecular weight is 398 g/mol. The summed E-state index contributed by atoms with van der Waals surface area (Å²) >= 11 is 1.07. The van der Waals surface area contributed by atoms with Gasteiger partial charge in [-0.25, -0.2) is 9.78 Å². The highest BCUT2D eigenvalue weighted by atomic mass is 32.1. The standard InChI is InChI=1S/C17H27N5O4S/c1-6-10(4)14(20-21-18)16(24)22(5)12(9(2)3)7-13(23)15-19-11(8-27-15)17(25)26/h8-10,12-14,23H,6-7H2,1-5H3,(H,25,26)/t10?,12-,13-,14+/m1/s1. The van der Waals surface area contributed by atoms with Gasteiger partial charge >= 0.3 is 5.97 Å². The fraction of sp³-hybridized carbons (Fsp3) is 0.706. The van der Waals surface area contributed by atoms with Crippen molar-refractivity contribution in [2.75, 3.05) is 7.05 Å². The third kappa shape index (κ3) is 5.92. The van der Waals surface area contributed by atoms with Crippen LogP contribution in [0.5, 0.6) is 0 Å². The van der Waals surface area contributed by atoms with E-state index in [0.29, 0.717) is 11.4 Å². The second-order valence-electron chi connectivity index (χ2n) is 6.92. The number of likely N-dealkylation sites (N-methyl/N-ethyl adjacent to an activating group) is 1. The van der Waals surface area contributed by atoms with Crippen molar-refractivity contribution in [2.45, 2.75) is 58.7 Å². The van der Waals surface area contributed by atoms with Crippen molar-refractivity contribution in [3.05, 3.63) is 26.5 Å². The van der Waals surface area contributed by atoms with Gasteiger partial charge in [0.2, 0.25) is 5.91 Å². The van der Waals surface area contributed by atoms with Gasteiger partial charge in [-0.2, -0.15) is 0 Å². The molecule has 9 nitrogen and oxygen atoms in total. The van der Waals surface area contributed by atoms with Crippen LogP contribution in [0.2, 0.25) is 0 Å². The van der Waals surface area contributed by atoms with Crippen LogP contribution in [0.15, 0.2) is 10.5 Å². The summed E-state index contributed by atoms with van der Waals surface area (Å²) in [6, 6.07) is -1.13. The number of azide groups is 1. The Morgan fingerprint density at radius 2 is 2.04 bits per heavy atom. The molecule has 1 unspecified atom stereocenters. The molecule has 0 bridgehead atoms. The summed E-state index contributed by atoms with van der Waals surface area (Å²) < 4.78 is 0. The molecule has 10 heteroatoms. The Balaban J connectivity index is 2.99. The van der Waals surface area contributed by atoms with E-state index >= 15 is 0 Å². The smallest absolute Gasteiger partial charge is 0.355 e. The number of carbonyl (C=O) groups excluding carboxylic acids is 1. The average Bonchev–Trinajstić information content (AvgIpc) is 3.12. The Bertz CT molecular complexity index is 701. The maximum Gasteiger partial charge on any atom is 0.355 e. The number of carboxylic acids is 1. The number of rotatable bonds is 10. The molecular weight excluding hydrogens is 370 g/mol. The Kier molecular flexibility index (Phi) is 8.68. The Morgan fingerprint density at radius 1 is 1.41 bits per heavy atom. The number of carbonyl (C=O) groups is 2. The lowest BCUT2D eigenvalue weighted by molar-refractivity contribution is -0.136. The van der Waals surface area contributed by atoms with Crippen molar-refractivity contribution >= 4 is 23.2 Å². The van der Waals surface area contributed by atoms with E-state index in [1.165, 1.54) is 10.3 Å². The van der Waals surface area contributed by atoms with Gasteiger partial charge in [-0.3, -0.25) is 4.79 Å².